The van der Waals surface area contributed by atoms with Gasteiger partial charge in [0.1, 0.15) is 17.3 Å². The number of carboxylic acid groups (broad SMARTS) is 1. The second-order valence-electron chi connectivity index (χ2n) is 5.07. The third-order valence-corrected chi connectivity index (χ3v) is 3.19. The third kappa shape index (κ3) is 2.17. The van der Waals surface area contributed by atoms with Crippen LogP contribution >= 0.6 is 0 Å². The van der Waals surface area contributed by atoms with Gasteiger partial charge in [0, 0.05) is 6.20 Å². The predicted octanol–water partition coefficient (Wildman–Crippen LogP) is 2.96. The van der Waals surface area contributed by atoms with E-state index < -0.39 is 23.1 Å². The fraction of sp³-hybridized carbons (Fsp3) is 0.286. The number of aliphatic carboxylic acids is 1. The van der Waals surface area contributed by atoms with Crippen LogP contribution in [0.25, 0.3) is 11.3 Å². The van der Waals surface area contributed by atoms with Gasteiger partial charge in [-0.05, 0) is 38.5 Å². The molecule has 0 unspecified atom stereocenters. The number of benzene rings is 1. The molecule has 1 aromatic carbocycles. The molecule has 0 aliphatic rings. The van der Waals surface area contributed by atoms with Crippen LogP contribution in [0, 0.1) is 18.6 Å². The summed E-state index contributed by atoms with van der Waals surface area (Å²) < 4.78 is 28.8. The van der Waals surface area contributed by atoms with Gasteiger partial charge in [0.2, 0.25) is 0 Å². The largest absolute Gasteiger partial charge is 0.479 e. The van der Waals surface area contributed by atoms with Crippen LogP contribution in [-0.4, -0.2) is 20.9 Å². The van der Waals surface area contributed by atoms with Gasteiger partial charge in [-0.3, -0.25) is 4.68 Å². The van der Waals surface area contributed by atoms with Crippen LogP contribution in [0.2, 0.25) is 0 Å². The fourth-order valence-corrected chi connectivity index (χ4v) is 1.82. The summed E-state index contributed by atoms with van der Waals surface area (Å²) in [6.07, 6.45) is 1.47. The average molecular weight is 280 g/mol. The Morgan fingerprint density at radius 1 is 1.30 bits per heavy atom. The second-order valence-corrected chi connectivity index (χ2v) is 5.07. The highest BCUT2D eigenvalue weighted by Gasteiger charge is 2.31. The van der Waals surface area contributed by atoms with Crippen molar-refractivity contribution in [2.75, 3.05) is 0 Å². The van der Waals surface area contributed by atoms with E-state index in [0.29, 0.717) is 5.56 Å². The van der Waals surface area contributed by atoms with Gasteiger partial charge in [0.25, 0.3) is 0 Å². The van der Waals surface area contributed by atoms with E-state index in [0.717, 1.165) is 12.1 Å². The number of rotatable bonds is 3. The zero-order valence-corrected chi connectivity index (χ0v) is 11.3. The first-order valence-electron chi connectivity index (χ1n) is 5.99. The zero-order valence-electron chi connectivity index (χ0n) is 11.3. The highest BCUT2D eigenvalue weighted by atomic mass is 19.1. The van der Waals surface area contributed by atoms with Gasteiger partial charge in [0.05, 0.1) is 5.56 Å². The molecular formula is C14H14F2N2O2. The minimum Gasteiger partial charge on any atom is -0.479 e. The molecule has 2 aromatic rings. The smallest absolute Gasteiger partial charge is 0.331 e. The van der Waals surface area contributed by atoms with Crippen molar-refractivity contribution in [3.63, 3.8) is 0 Å². The van der Waals surface area contributed by atoms with E-state index in [-0.39, 0.29) is 11.3 Å². The lowest BCUT2D eigenvalue weighted by Gasteiger charge is -2.19. The normalized spacial score (nSPS) is 11.7. The monoisotopic (exact) mass is 280 g/mol. The maximum atomic E-state index is 13.8. The van der Waals surface area contributed by atoms with E-state index in [1.54, 1.807) is 6.92 Å². The van der Waals surface area contributed by atoms with E-state index in [2.05, 4.69) is 5.10 Å². The van der Waals surface area contributed by atoms with Gasteiger partial charge in [-0.2, -0.15) is 5.10 Å². The summed E-state index contributed by atoms with van der Waals surface area (Å²) in [6, 6.07) is 3.54. The van der Waals surface area contributed by atoms with E-state index >= 15 is 0 Å². The molecule has 0 amide bonds. The molecule has 6 heteroatoms. The molecule has 0 bridgehead atoms. The summed E-state index contributed by atoms with van der Waals surface area (Å²) in [4.78, 5) is 11.2. The minimum atomic E-state index is -1.30. The highest BCUT2D eigenvalue weighted by molar-refractivity contribution is 5.76. The number of carboxylic acids is 1. The molecule has 1 heterocycles. The van der Waals surface area contributed by atoms with Crippen LogP contribution in [0.4, 0.5) is 8.78 Å². The number of nitrogens with zero attached hydrogens (tertiary/aromatic N) is 2. The van der Waals surface area contributed by atoms with Crippen LogP contribution in [0.3, 0.4) is 0 Å². The van der Waals surface area contributed by atoms with E-state index in [1.807, 2.05) is 0 Å². The molecule has 0 spiro atoms. The van der Waals surface area contributed by atoms with Crippen LogP contribution in [0.15, 0.2) is 24.4 Å². The van der Waals surface area contributed by atoms with Crippen LogP contribution in [0.1, 0.15) is 19.4 Å². The Morgan fingerprint density at radius 3 is 2.35 bits per heavy atom. The maximum absolute atomic E-state index is 13.8. The Morgan fingerprint density at radius 2 is 1.85 bits per heavy atom. The lowest BCUT2D eigenvalue weighted by molar-refractivity contribution is -0.146. The van der Waals surface area contributed by atoms with Crippen molar-refractivity contribution < 1.29 is 18.7 Å². The summed E-state index contributed by atoms with van der Waals surface area (Å²) in [6.45, 7) is 4.55. The van der Waals surface area contributed by atoms with Gasteiger partial charge in [-0.25, -0.2) is 13.6 Å². The van der Waals surface area contributed by atoms with Crippen LogP contribution in [-0.2, 0) is 10.3 Å². The quantitative estimate of drug-likeness (QED) is 0.940. The van der Waals surface area contributed by atoms with Gasteiger partial charge in [-0.1, -0.05) is 6.07 Å². The lowest BCUT2D eigenvalue weighted by atomic mass is 10.1. The van der Waals surface area contributed by atoms with E-state index in [9.17, 15) is 13.6 Å². The van der Waals surface area contributed by atoms with Gasteiger partial charge in [0.15, 0.2) is 5.54 Å². The van der Waals surface area contributed by atoms with Crippen LogP contribution in [0.5, 0.6) is 0 Å². The second kappa shape index (κ2) is 4.70. The first-order chi connectivity index (χ1) is 9.25. The average Bonchev–Trinajstić information content (AvgIpc) is 2.72. The number of carbonyl (C=O) groups is 1. The van der Waals surface area contributed by atoms with E-state index in [4.69, 9.17) is 5.11 Å². The molecule has 0 aliphatic heterocycles. The molecule has 1 N–H and O–H groups in total. The molecule has 0 saturated heterocycles. The highest BCUT2D eigenvalue weighted by Crippen LogP contribution is 2.29. The predicted molar refractivity (Wildman–Crippen MR) is 69.3 cm³/mol. The van der Waals surface area contributed by atoms with E-state index in [1.165, 1.54) is 30.8 Å². The summed E-state index contributed by atoms with van der Waals surface area (Å²) in [5, 5.41) is 13.2. The van der Waals surface area contributed by atoms with Crippen molar-refractivity contribution in [3.8, 4) is 11.3 Å². The van der Waals surface area contributed by atoms with Crippen molar-refractivity contribution >= 4 is 5.97 Å². The summed E-state index contributed by atoms with van der Waals surface area (Å²) in [5.41, 5.74) is -0.937. The molecule has 0 aliphatic carbocycles. The Labute approximate surface area is 114 Å². The molecule has 106 valence electrons. The Hall–Kier alpha value is -2.24. The first-order valence-corrected chi connectivity index (χ1v) is 5.99. The molecule has 0 atom stereocenters. The first kappa shape index (κ1) is 14.2. The van der Waals surface area contributed by atoms with Crippen molar-refractivity contribution in [2.45, 2.75) is 26.3 Å². The summed E-state index contributed by atoms with van der Waals surface area (Å²) in [7, 11) is 0. The molecule has 2 rings (SSSR count). The lowest BCUT2D eigenvalue weighted by Crippen LogP contribution is -2.36. The van der Waals surface area contributed by atoms with Gasteiger partial charge in [-0.15, -0.1) is 0 Å². The van der Waals surface area contributed by atoms with Crippen molar-refractivity contribution in [3.05, 3.63) is 41.6 Å². The SMILES string of the molecule is Cc1cn(C(C)(C)C(=O)O)nc1-c1c(F)cccc1F. The summed E-state index contributed by atoms with van der Waals surface area (Å²) in [5.74, 6) is -2.54. The molecule has 1 aromatic heterocycles. The fourth-order valence-electron chi connectivity index (χ4n) is 1.82. The number of aromatic nitrogens is 2. The molecule has 0 radical (unpaired) electrons. The van der Waals surface area contributed by atoms with Gasteiger partial charge >= 0.3 is 5.97 Å². The number of halogens is 2. The molecule has 0 fully saturated rings. The standard InChI is InChI=1S/C14H14F2N2O2/c1-8-7-18(14(2,3)13(19)20)17-12(8)11-9(15)5-4-6-10(11)16/h4-7H,1-3H3,(H,19,20). The van der Waals surface area contributed by atoms with Crippen LogP contribution < -0.4 is 0 Å². The third-order valence-electron chi connectivity index (χ3n) is 3.19. The zero-order chi connectivity index (χ0) is 15.1. The number of hydrogen-bond donors (Lipinski definition) is 1. The Bertz CT molecular complexity index is 658. The Balaban J connectivity index is 2.62. The summed E-state index contributed by atoms with van der Waals surface area (Å²) >= 11 is 0. The minimum absolute atomic E-state index is 0.106. The Kier molecular flexibility index (Phi) is 3.33. The topological polar surface area (TPSA) is 55.1 Å². The molecule has 4 nitrogen and oxygen atoms in total. The van der Waals surface area contributed by atoms with Gasteiger partial charge < -0.3 is 5.11 Å². The molecule has 0 saturated carbocycles. The number of hydrogen-bond acceptors (Lipinski definition) is 2. The van der Waals surface area contributed by atoms with Crippen molar-refractivity contribution in [2.24, 2.45) is 0 Å². The molecule has 20 heavy (non-hydrogen) atoms. The number of aryl methyl sites for hydroxylation is 1. The maximum Gasteiger partial charge on any atom is 0.331 e. The molecular weight excluding hydrogens is 266 g/mol. The van der Waals surface area contributed by atoms with Crippen molar-refractivity contribution in [1.29, 1.82) is 0 Å². The van der Waals surface area contributed by atoms with Crippen molar-refractivity contribution in [1.82, 2.24) is 9.78 Å².